The van der Waals surface area contributed by atoms with E-state index in [1.54, 1.807) is 12.1 Å². The van der Waals surface area contributed by atoms with Gasteiger partial charge in [-0.1, -0.05) is 72.8 Å². The molecule has 6 aromatic carbocycles. The summed E-state index contributed by atoms with van der Waals surface area (Å²) < 4.78 is 9.60. The Balaban J connectivity index is 0.000000630. The summed E-state index contributed by atoms with van der Waals surface area (Å²) >= 11 is 0. The number of hydrogen-bond donors (Lipinski definition) is 1. The lowest BCUT2D eigenvalue weighted by molar-refractivity contribution is -0.636. The fourth-order valence-corrected chi connectivity index (χ4v) is 7.09. The fraction of sp³-hybridized carbons (Fsp3) is 0.0698. The molecular weight excluding hydrogens is 732 g/mol. The van der Waals surface area contributed by atoms with Crippen molar-refractivity contribution in [1.29, 1.82) is 0 Å². The van der Waals surface area contributed by atoms with Gasteiger partial charge in [0, 0.05) is 46.5 Å². The first-order valence-electron chi connectivity index (χ1n) is 17.3. The molecule has 0 saturated carbocycles. The molecule has 0 saturated heterocycles. The van der Waals surface area contributed by atoms with Crippen LogP contribution in [0.25, 0.3) is 54.7 Å². The van der Waals surface area contributed by atoms with Crippen LogP contribution in [-0.2, 0) is 17.8 Å². The number of carboxylic acids is 1. The highest BCUT2D eigenvalue weighted by Crippen LogP contribution is 2.41. The minimum absolute atomic E-state index is 0.275. The van der Waals surface area contributed by atoms with E-state index in [0.717, 1.165) is 54.7 Å². The molecule has 57 heavy (non-hydrogen) atoms. The lowest BCUT2D eigenvalue weighted by Crippen LogP contribution is -2.37. The molecule has 0 amide bonds. The second kappa shape index (κ2) is 17.0. The fourth-order valence-electron chi connectivity index (χ4n) is 7.09. The quantitative estimate of drug-likeness (QED) is 0.0552. The summed E-state index contributed by atoms with van der Waals surface area (Å²) in [5.41, 5.74) is 9.65. The number of esters is 1. The number of aromatic carboxylic acids is 1. The van der Waals surface area contributed by atoms with Crippen LogP contribution in [0.4, 0.5) is 0 Å². The van der Waals surface area contributed by atoms with Crippen LogP contribution in [0.3, 0.4) is 0 Å². The number of pyridine rings is 2. The number of carbonyl (C=O) groups is 2. The first-order chi connectivity index (χ1) is 27.5. The molecule has 0 aliphatic rings. The van der Waals surface area contributed by atoms with Crippen molar-refractivity contribution in [3.63, 3.8) is 0 Å². The third-order valence-electron chi connectivity index (χ3n) is 9.36. The maximum absolute atomic E-state index is 12.1. The normalized spacial score (nSPS) is 10.6. The molecule has 0 fully saturated rings. The van der Waals surface area contributed by atoms with E-state index in [1.165, 1.54) is 18.2 Å². The number of ether oxygens (including phenoxy) is 1. The van der Waals surface area contributed by atoms with Crippen LogP contribution >= 0.6 is 0 Å². The smallest absolute Gasteiger partial charge is 0.337 e. The van der Waals surface area contributed by atoms with Gasteiger partial charge in [0.15, 0.2) is 13.1 Å². The van der Waals surface area contributed by atoms with Gasteiger partial charge in [0.1, 0.15) is 0 Å². The second-order valence-corrected chi connectivity index (χ2v) is 12.6. The van der Waals surface area contributed by atoms with Crippen LogP contribution in [0.2, 0.25) is 0 Å². The van der Waals surface area contributed by atoms with Crippen molar-refractivity contribution in [3.8, 4) is 11.1 Å². The molecule has 0 radical (unpaired) electrons. The number of aromatic nitrogens is 2. The van der Waals surface area contributed by atoms with E-state index >= 15 is 0 Å². The summed E-state index contributed by atoms with van der Waals surface area (Å²) in [7, 11) is 1.40. The summed E-state index contributed by atoms with van der Waals surface area (Å²) in [6, 6.07) is 49.0. The average molecular weight is 765 g/mol. The Hall–Kier alpha value is -8.00. The minimum Gasteiger partial charge on any atom is -0.478 e. The Morgan fingerprint density at radius 3 is 1.07 bits per heavy atom. The van der Waals surface area contributed by atoms with E-state index < -0.39 is 16.1 Å². The molecule has 8 rings (SSSR count). The van der Waals surface area contributed by atoms with Crippen molar-refractivity contribution in [2.75, 3.05) is 7.11 Å². The van der Waals surface area contributed by atoms with Crippen LogP contribution in [0.15, 0.2) is 146 Å². The van der Waals surface area contributed by atoms with Gasteiger partial charge in [0.25, 0.3) is 0 Å². The van der Waals surface area contributed by atoms with E-state index in [4.69, 9.17) is 35.4 Å². The molecule has 14 nitrogen and oxygen atoms in total. The molecule has 0 unspecified atom stereocenters. The average Bonchev–Trinajstić information content (AvgIpc) is 3.21. The summed E-state index contributed by atoms with van der Waals surface area (Å²) in [6.45, 7) is 1.21. The molecule has 1 N–H and O–H groups in total. The van der Waals surface area contributed by atoms with E-state index in [9.17, 15) is 14.7 Å². The summed E-state index contributed by atoms with van der Waals surface area (Å²) in [5.74, 6) is -1.28. The van der Waals surface area contributed by atoms with Gasteiger partial charge >= 0.3 is 11.9 Å². The predicted molar refractivity (Wildman–Crippen MR) is 212 cm³/mol. The molecule has 0 aliphatic carbocycles. The number of benzene rings is 6. The first-order valence-corrected chi connectivity index (χ1v) is 17.3. The maximum atomic E-state index is 12.1. The Morgan fingerprint density at radius 2 is 0.789 bits per heavy atom. The zero-order valence-corrected chi connectivity index (χ0v) is 30.2. The van der Waals surface area contributed by atoms with Gasteiger partial charge in [-0.2, -0.15) is 9.13 Å². The van der Waals surface area contributed by atoms with Gasteiger partial charge in [0.2, 0.25) is 22.1 Å². The topological polar surface area (TPSA) is 204 Å². The van der Waals surface area contributed by atoms with Crippen LogP contribution in [0.1, 0.15) is 31.8 Å². The lowest BCUT2D eigenvalue weighted by Gasteiger charge is -2.16. The summed E-state index contributed by atoms with van der Waals surface area (Å²) in [6.07, 6.45) is 0. The van der Waals surface area contributed by atoms with Gasteiger partial charge < -0.3 is 40.5 Å². The number of nitrogens with zero attached hydrogens (tertiary/aromatic N) is 4. The Kier molecular flexibility index (Phi) is 11.5. The van der Waals surface area contributed by atoms with Gasteiger partial charge in [-0.15, -0.1) is 0 Å². The molecule has 2 aromatic heterocycles. The molecule has 14 heteroatoms. The summed E-state index contributed by atoms with van der Waals surface area (Å²) in [5, 5.41) is 43.5. The van der Waals surface area contributed by atoms with E-state index in [0.29, 0.717) is 18.7 Å². The third-order valence-corrected chi connectivity index (χ3v) is 9.36. The zero-order valence-electron chi connectivity index (χ0n) is 30.2. The van der Waals surface area contributed by atoms with Gasteiger partial charge in [-0.25, -0.2) is 9.59 Å². The number of hydrogen-bond acceptors (Lipinski definition) is 9. The van der Waals surface area contributed by atoms with Crippen LogP contribution < -0.4 is 9.13 Å². The van der Waals surface area contributed by atoms with E-state index in [1.807, 2.05) is 36.4 Å². The van der Waals surface area contributed by atoms with Crippen molar-refractivity contribution < 1.29 is 38.7 Å². The van der Waals surface area contributed by atoms with E-state index in [-0.39, 0.29) is 11.5 Å². The predicted octanol–water partition coefficient (Wildman–Crippen LogP) is 7.64. The highest BCUT2D eigenvalue weighted by molar-refractivity contribution is 6.18. The maximum Gasteiger partial charge on any atom is 0.337 e. The minimum atomic E-state index is -1.75. The van der Waals surface area contributed by atoms with Crippen molar-refractivity contribution >= 4 is 55.6 Å². The van der Waals surface area contributed by atoms with Crippen LogP contribution in [0, 0.1) is 30.6 Å². The molecule has 0 bridgehead atoms. The number of para-hydroxylation sites is 4. The molecule has 2 heterocycles. The van der Waals surface area contributed by atoms with Crippen LogP contribution in [0.5, 0.6) is 0 Å². The molecule has 0 spiro atoms. The zero-order chi connectivity index (χ0) is 40.6. The molecule has 0 aliphatic heterocycles. The van der Waals surface area contributed by atoms with E-state index in [2.05, 4.69) is 106 Å². The lowest BCUT2D eigenvalue weighted by atomic mass is 9.90. The van der Waals surface area contributed by atoms with Crippen molar-refractivity contribution in [1.82, 2.24) is 0 Å². The van der Waals surface area contributed by atoms with Gasteiger partial charge in [-0.05, 0) is 48.5 Å². The monoisotopic (exact) mass is 764 g/mol. The van der Waals surface area contributed by atoms with Crippen molar-refractivity contribution in [2.24, 2.45) is 0 Å². The van der Waals surface area contributed by atoms with Crippen molar-refractivity contribution in [2.45, 2.75) is 13.1 Å². The Morgan fingerprint density at radius 1 is 0.509 bits per heavy atom. The molecule has 8 aromatic rings. The van der Waals surface area contributed by atoms with Gasteiger partial charge in [-0.3, -0.25) is 0 Å². The highest BCUT2D eigenvalue weighted by Gasteiger charge is 2.27. The number of rotatable bonds is 7. The Labute approximate surface area is 323 Å². The summed E-state index contributed by atoms with van der Waals surface area (Å²) in [4.78, 5) is 40.1. The molecular formula is C43H32N4O10. The van der Waals surface area contributed by atoms with Gasteiger partial charge in [0.05, 0.1) is 50.0 Å². The molecule has 0 atom stereocenters. The standard InChI is InChI=1S/C43H31N2O4.2NO3/c1-49-43(48)31-24-20-29(21-25-31)27-45-38-16-8-4-12-34(38)41(35-13-5-9-17-39(35)45)40-32-10-2-6-14-36(32)44(37-15-7-3-11-33(37)40)26-28-18-22-30(23-19-28)42(46)47;2*2-1(3)4/h2-25H,26-27H2,1H3;;/q+1;2*-1/p+1. The number of carboxylic acid groups (broad SMARTS) is 1. The first kappa shape index (κ1) is 38.7. The largest absolute Gasteiger partial charge is 0.478 e. The van der Waals surface area contributed by atoms with Crippen LogP contribution in [-0.4, -0.2) is 34.3 Å². The Bertz CT molecular complexity index is 2680. The van der Waals surface area contributed by atoms with Crippen molar-refractivity contribution in [3.05, 3.63) is 198 Å². The number of methoxy groups -OCH3 is 1. The molecule has 284 valence electrons. The third kappa shape index (κ3) is 8.39. The number of carbonyl (C=O) groups excluding carboxylic acids is 1. The highest BCUT2D eigenvalue weighted by atomic mass is 16.9. The number of fused-ring (bicyclic) bond motifs is 4. The second-order valence-electron chi connectivity index (χ2n) is 12.6. The SMILES string of the molecule is COC(=O)c1ccc(C[n+]2c3ccccc3c(-c3c4ccccc4[n+](Cc4ccc(C(=O)O)cc4)c4ccccc34)c3ccccc32)cc1.O=[N+]([O-])[O-].O=[N+]([O-])[O-].